The first-order valence-electron chi connectivity index (χ1n) is 25.7. The first-order valence-corrected chi connectivity index (χ1v) is 26.6. The van der Waals surface area contributed by atoms with Crippen LogP contribution in [0.1, 0.15) is 0 Å². The summed E-state index contributed by atoms with van der Waals surface area (Å²) in [5.74, 6) is 0. The molecule has 0 aliphatic carbocycles. The summed E-state index contributed by atoms with van der Waals surface area (Å²) in [5.41, 5.74) is 13.7. The zero-order valence-corrected chi connectivity index (χ0v) is 41.7. The summed E-state index contributed by atoms with van der Waals surface area (Å²) in [5, 5.41) is 14.7. The minimum atomic E-state index is 1.06. The minimum Gasteiger partial charge on any atom is -0.310 e. The maximum Gasteiger partial charge on any atom is 0.0540 e. The van der Waals surface area contributed by atoms with Crippen LogP contribution in [0, 0.1) is 0 Å². The zero-order chi connectivity index (χ0) is 49.4. The predicted octanol–water partition coefficient (Wildman–Crippen LogP) is 21.2. The number of para-hydroxylation sites is 4. The van der Waals surface area contributed by atoms with Gasteiger partial charge in [-0.05, 0) is 137 Å². The monoisotopic (exact) mass is 970 g/mol. The molecule has 1 aliphatic rings. The highest BCUT2D eigenvalue weighted by molar-refractivity contribution is 7.26. The molecule has 13 aromatic carbocycles. The number of nitrogens with zero attached hydrogens (tertiary/aromatic N) is 2. The van der Waals surface area contributed by atoms with E-state index in [2.05, 4.69) is 289 Å². The highest BCUT2D eigenvalue weighted by Crippen LogP contribution is 2.53. The van der Waals surface area contributed by atoms with Gasteiger partial charge in [-0.3, -0.25) is 0 Å². The van der Waals surface area contributed by atoms with Crippen molar-refractivity contribution in [2.45, 2.75) is 0 Å². The number of anilines is 6. The Morgan fingerprint density at radius 1 is 0.267 bits per heavy atom. The lowest BCUT2D eigenvalue weighted by molar-refractivity contribution is 1.29. The van der Waals surface area contributed by atoms with Crippen LogP contribution in [0.15, 0.2) is 279 Å². The van der Waals surface area contributed by atoms with E-state index in [0.29, 0.717) is 0 Å². The van der Waals surface area contributed by atoms with E-state index in [1.54, 1.807) is 0 Å². The van der Waals surface area contributed by atoms with Crippen LogP contribution < -0.4 is 9.80 Å². The lowest BCUT2D eigenvalue weighted by Gasteiger charge is -2.29. The number of fused-ring (bicyclic) bond motifs is 19. The molecule has 350 valence electrons. The number of hydrogen-bond acceptors (Lipinski definition) is 3. The fourth-order valence-corrected chi connectivity index (χ4v) is 13.3. The molecule has 1 aliphatic heterocycles. The Morgan fingerprint density at radius 3 is 1.43 bits per heavy atom. The molecule has 75 heavy (non-hydrogen) atoms. The van der Waals surface area contributed by atoms with Gasteiger partial charge in [0.2, 0.25) is 0 Å². The van der Waals surface area contributed by atoms with Crippen LogP contribution in [0.25, 0.3) is 107 Å². The van der Waals surface area contributed by atoms with Gasteiger partial charge >= 0.3 is 0 Å². The number of thiophene rings is 1. The Morgan fingerprint density at radius 2 is 0.733 bits per heavy atom. The third-order valence-corrected chi connectivity index (χ3v) is 16.5. The summed E-state index contributed by atoms with van der Waals surface area (Å²) in [6.45, 7) is 0. The van der Waals surface area contributed by atoms with Crippen molar-refractivity contribution in [2.75, 3.05) is 9.80 Å². The Hall–Kier alpha value is -9.54. The van der Waals surface area contributed by atoms with Gasteiger partial charge in [0.05, 0.1) is 17.1 Å². The molecule has 0 fully saturated rings. The van der Waals surface area contributed by atoms with E-state index in [-0.39, 0.29) is 0 Å². The Kier molecular flexibility index (Phi) is 10.1. The zero-order valence-electron chi connectivity index (χ0n) is 40.9. The number of benzene rings is 12. The average molecular weight is 971 g/mol. The van der Waals surface area contributed by atoms with Crippen molar-refractivity contribution in [1.82, 2.24) is 0 Å². The van der Waals surface area contributed by atoms with Gasteiger partial charge in [-0.25, -0.2) is 0 Å². The maximum absolute atomic E-state index is 2.50. The summed E-state index contributed by atoms with van der Waals surface area (Å²) in [6.07, 6.45) is 0. The van der Waals surface area contributed by atoms with E-state index in [1.165, 1.54) is 96.3 Å². The van der Waals surface area contributed by atoms with Crippen molar-refractivity contribution in [2.24, 2.45) is 0 Å². The third-order valence-electron chi connectivity index (χ3n) is 15.4. The van der Waals surface area contributed by atoms with Crippen molar-refractivity contribution in [3.05, 3.63) is 279 Å². The van der Waals surface area contributed by atoms with Crippen LogP contribution in [-0.2, 0) is 0 Å². The summed E-state index contributed by atoms with van der Waals surface area (Å²) >= 11 is 1.88. The smallest absolute Gasteiger partial charge is 0.0540 e. The molecule has 15 rings (SSSR count). The summed E-state index contributed by atoms with van der Waals surface area (Å²) < 4.78 is 2.58. The fourth-order valence-electron chi connectivity index (χ4n) is 12.2. The Bertz CT molecular complexity index is 4670. The second kappa shape index (κ2) is 17.6. The molecule has 0 atom stereocenters. The fraction of sp³-hybridized carbons (Fsp3) is 0. The molecule has 0 unspecified atom stereocenters. The Balaban J connectivity index is 1.08. The highest BCUT2D eigenvalue weighted by atomic mass is 32.1. The van der Waals surface area contributed by atoms with Crippen molar-refractivity contribution in [1.29, 1.82) is 0 Å². The molecule has 14 aromatic rings. The molecule has 0 saturated heterocycles. The second-order valence-corrected chi connectivity index (χ2v) is 20.6. The van der Waals surface area contributed by atoms with Crippen LogP contribution in [0.4, 0.5) is 34.1 Å². The van der Waals surface area contributed by atoms with E-state index in [0.717, 1.165) is 45.3 Å². The van der Waals surface area contributed by atoms with Crippen molar-refractivity contribution in [3.8, 4) is 33.4 Å². The lowest BCUT2D eigenvalue weighted by Crippen LogP contribution is -2.11. The van der Waals surface area contributed by atoms with Crippen molar-refractivity contribution < 1.29 is 0 Å². The number of rotatable bonds is 5. The molecular formula is C72H46N2S. The van der Waals surface area contributed by atoms with Crippen LogP contribution in [0.3, 0.4) is 0 Å². The number of hydrogen-bond donors (Lipinski definition) is 0. The lowest BCUT2D eigenvalue weighted by atomic mass is 9.92. The van der Waals surface area contributed by atoms with E-state index < -0.39 is 0 Å². The van der Waals surface area contributed by atoms with Gasteiger partial charge in [0.15, 0.2) is 0 Å². The average Bonchev–Trinajstić information content (AvgIpc) is 3.86. The normalized spacial score (nSPS) is 12.0. The van der Waals surface area contributed by atoms with Crippen LogP contribution in [-0.4, -0.2) is 0 Å². The molecule has 2 heterocycles. The molecule has 0 saturated carbocycles. The van der Waals surface area contributed by atoms with Gasteiger partial charge in [-0.2, -0.15) is 0 Å². The van der Waals surface area contributed by atoms with Gasteiger partial charge < -0.3 is 9.80 Å². The second-order valence-electron chi connectivity index (χ2n) is 19.5. The summed E-state index contributed by atoms with van der Waals surface area (Å²) in [4.78, 5) is 4.92. The van der Waals surface area contributed by atoms with Crippen molar-refractivity contribution >= 4 is 119 Å². The molecule has 0 N–H and O–H groups in total. The summed E-state index contributed by atoms with van der Waals surface area (Å²) in [7, 11) is 0. The van der Waals surface area contributed by atoms with Gasteiger partial charge in [-0.1, -0.05) is 212 Å². The maximum atomic E-state index is 2.50. The van der Waals surface area contributed by atoms with E-state index in [4.69, 9.17) is 0 Å². The molecule has 2 nitrogen and oxygen atoms in total. The van der Waals surface area contributed by atoms with E-state index in [1.807, 2.05) is 11.3 Å². The van der Waals surface area contributed by atoms with E-state index >= 15 is 0 Å². The summed E-state index contributed by atoms with van der Waals surface area (Å²) in [6, 6.07) is 103. The predicted molar refractivity (Wildman–Crippen MR) is 324 cm³/mol. The van der Waals surface area contributed by atoms with Gasteiger partial charge in [-0.15, -0.1) is 11.3 Å². The molecule has 0 radical (unpaired) electrons. The molecule has 0 spiro atoms. The minimum absolute atomic E-state index is 1.06. The first-order chi connectivity index (χ1) is 37.2. The van der Waals surface area contributed by atoms with Gasteiger partial charge in [0.1, 0.15) is 0 Å². The topological polar surface area (TPSA) is 6.48 Å². The van der Waals surface area contributed by atoms with Gasteiger partial charge in [0.25, 0.3) is 0 Å². The van der Waals surface area contributed by atoms with Crippen LogP contribution in [0.5, 0.6) is 0 Å². The molecule has 0 amide bonds. The quantitative estimate of drug-likeness (QED) is 0.170. The third kappa shape index (κ3) is 6.93. The largest absolute Gasteiger partial charge is 0.310 e. The Labute approximate surface area is 439 Å². The van der Waals surface area contributed by atoms with Crippen molar-refractivity contribution in [3.63, 3.8) is 0 Å². The molecular weight excluding hydrogens is 925 g/mol. The van der Waals surface area contributed by atoms with E-state index in [9.17, 15) is 0 Å². The van der Waals surface area contributed by atoms with Gasteiger partial charge in [0, 0.05) is 53.9 Å². The highest BCUT2D eigenvalue weighted by Gasteiger charge is 2.28. The molecule has 3 heteroatoms. The SMILES string of the molecule is c1ccc(-c2ccccc2N(c2ccc3c(c2)-c2ccccc2N(c2ccccc2)c2ccccc2-3)c2ccc3c(c2)c2ccccc2c2ccccc2c2ccccc2c2c3ccc3sc4ccccc4c32)cc1. The van der Waals surface area contributed by atoms with Crippen LogP contribution >= 0.6 is 11.3 Å². The first kappa shape index (κ1) is 43.1. The standard InChI is InChI=1S/C72H46N2S/c1-3-21-47(22-4-1)51-25-13-17-35-66(51)73(50-39-41-57-59-31-14-18-36-67(59)74(48-23-5-2-6-24-48)68-37-19-15-32-60(68)65(57)46-50)49-40-42-58-62-43-44-70-72(63-34-16-20-38-69(63)75-70)71(62)61-33-12-11-29-55(61)53-27-8-7-26-52(53)54-28-9-10-30-56(54)64(58)45-49/h1-46H. The molecule has 1 aromatic heterocycles. The molecule has 0 bridgehead atoms. The van der Waals surface area contributed by atoms with Crippen LogP contribution in [0.2, 0.25) is 0 Å².